The maximum atomic E-state index is 9.79. The molecule has 1 heterocycles. The number of fused-ring (bicyclic) bond motifs is 1. The van der Waals surface area contributed by atoms with E-state index in [9.17, 15) is 5.11 Å². The van der Waals surface area contributed by atoms with E-state index >= 15 is 0 Å². The molecule has 0 saturated heterocycles. The molecule has 0 aliphatic rings. The van der Waals surface area contributed by atoms with Crippen molar-refractivity contribution in [1.82, 2.24) is 4.98 Å². The van der Waals surface area contributed by atoms with Crippen molar-refractivity contribution in [3.8, 4) is 11.8 Å². The molecule has 0 amide bonds. The lowest BCUT2D eigenvalue weighted by molar-refractivity contribution is 0.480. The fourth-order valence-corrected chi connectivity index (χ4v) is 1.99. The zero-order chi connectivity index (χ0) is 14.7. The number of aromatic hydroxyl groups is 1. The van der Waals surface area contributed by atoms with Gasteiger partial charge in [0.25, 0.3) is 0 Å². The lowest BCUT2D eigenvalue weighted by Gasteiger charge is -2.02. The van der Waals surface area contributed by atoms with E-state index in [4.69, 9.17) is 5.26 Å². The molecule has 0 radical (unpaired) electrons. The monoisotopic (exact) mass is 274 g/mol. The Balaban J connectivity index is 2.09. The second kappa shape index (κ2) is 5.39. The third-order valence-corrected chi connectivity index (χ3v) is 3.02. The van der Waals surface area contributed by atoms with Crippen LogP contribution in [0.3, 0.4) is 0 Å². The zero-order valence-electron chi connectivity index (χ0n) is 10.9. The van der Waals surface area contributed by atoms with Gasteiger partial charge in [-0.3, -0.25) is 4.98 Å². The predicted molar refractivity (Wildman–Crippen MR) is 78.7 cm³/mol. The number of pyridine rings is 1. The SMILES string of the molecule is N#Cc1ccccc1N=Nc1ccc(O)c2ncccc12. The maximum absolute atomic E-state index is 9.79. The third kappa shape index (κ3) is 2.42. The Kier molecular flexibility index (Phi) is 3.27. The highest BCUT2D eigenvalue weighted by molar-refractivity contribution is 5.93. The van der Waals surface area contributed by atoms with E-state index < -0.39 is 0 Å². The van der Waals surface area contributed by atoms with Gasteiger partial charge in [-0.25, -0.2) is 0 Å². The van der Waals surface area contributed by atoms with Gasteiger partial charge in [0.15, 0.2) is 0 Å². The van der Waals surface area contributed by atoms with Gasteiger partial charge in [0.2, 0.25) is 0 Å². The molecule has 1 N–H and O–H groups in total. The van der Waals surface area contributed by atoms with Gasteiger partial charge in [0, 0.05) is 11.6 Å². The van der Waals surface area contributed by atoms with Gasteiger partial charge < -0.3 is 5.11 Å². The smallest absolute Gasteiger partial charge is 0.141 e. The van der Waals surface area contributed by atoms with Crippen LogP contribution in [0.2, 0.25) is 0 Å². The van der Waals surface area contributed by atoms with Crippen LogP contribution in [0.1, 0.15) is 5.56 Å². The van der Waals surface area contributed by atoms with Crippen LogP contribution in [0, 0.1) is 11.3 Å². The second-order valence-corrected chi connectivity index (χ2v) is 4.33. The summed E-state index contributed by atoms with van der Waals surface area (Å²) in [6.07, 6.45) is 1.61. The van der Waals surface area contributed by atoms with Crippen LogP contribution in [0.15, 0.2) is 65.0 Å². The standard InChI is InChI=1S/C16H10N4O/c17-10-11-4-1-2-6-13(11)19-20-14-7-8-15(21)16-12(14)5-3-9-18-16/h1-9,21H. The van der Waals surface area contributed by atoms with E-state index in [2.05, 4.69) is 21.3 Å². The number of rotatable bonds is 2. The highest BCUT2D eigenvalue weighted by atomic mass is 16.3. The molecule has 5 nitrogen and oxygen atoms in total. The molecule has 21 heavy (non-hydrogen) atoms. The molecule has 100 valence electrons. The van der Waals surface area contributed by atoms with Crippen molar-refractivity contribution in [2.24, 2.45) is 10.2 Å². The Bertz CT molecular complexity index is 881. The van der Waals surface area contributed by atoms with Gasteiger partial charge in [-0.05, 0) is 36.4 Å². The summed E-state index contributed by atoms with van der Waals surface area (Å²) in [5, 5.41) is 27.8. The number of hydrogen-bond donors (Lipinski definition) is 1. The molecule has 3 rings (SSSR count). The first-order valence-electron chi connectivity index (χ1n) is 6.27. The largest absolute Gasteiger partial charge is 0.506 e. The average Bonchev–Trinajstić information content (AvgIpc) is 2.55. The molecule has 0 aliphatic heterocycles. The lowest BCUT2D eigenvalue weighted by Crippen LogP contribution is -1.79. The Labute approximate surface area is 120 Å². The molecule has 0 atom stereocenters. The summed E-state index contributed by atoms with van der Waals surface area (Å²) in [4.78, 5) is 4.13. The molecule has 0 fully saturated rings. The number of nitriles is 1. The summed E-state index contributed by atoms with van der Waals surface area (Å²) in [6, 6.07) is 15.8. The number of nitrogens with zero attached hydrogens (tertiary/aromatic N) is 4. The summed E-state index contributed by atoms with van der Waals surface area (Å²) in [7, 11) is 0. The number of hydrogen-bond acceptors (Lipinski definition) is 5. The first-order valence-corrected chi connectivity index (χ1v) is 6.27. The third-order valence-electron chi connectivity index (χ3n) is 3.02. The van der Waals surface area contributed by atoms with E-state index in [1.54, 1.807) is 42.6 Å². The van der Waals surface area contributed by atoms with Crippen molar-refractivity contribution in [2.45, 2.75) is 0 Å². The average molecular weight is 274 g/mol. The van der Waals surface area contributed by atoms with Crippen molar-refractivity contribution in [3.63, 3.8) is 0 Å². The summed E-state index contributed by atoms with van der Waals surface area (Å²) >= 11 is 0. The van der Waals surface area contributed by atoms with Crippen molar-refractivity contribution < 1.29 is 5.11 Å². The molecule has 0 spiro atoms. The number of phenols is 1. The molecule has 0 unspecified atom stereocenters. The molecule has 2 aromatic carbocycles. The zero-order valence-corrected chi connectivity index (χ0v) is 10.9. The normalized spacial score (nSPS) is 10.8. The molecular formula is C16H10N4O. The minimum absolute atomic E-state index is 0.0991. The fourth-order valence-electron chi connectivity index (χ4n) is 1.99. The van der Waals surface area contributed by atoms with E-state index in [1.165, 1.54) is 6.07 Å². The molecule has 3 aromatic rings. The summed E-state index contributed by atoms with van der Waals surface area (Å²) < 4.78 is 0. The Morgan fingerprint density at radius 2 is 1.76 bits per heavy atom. The molecule has 0 bridgehead atoms. The quantitative estimate of drug-likeness (QED) is 0.710. The van der Waals surface area contributed by atoms with Crippen LogP contribution in [-0.4, -0.2) is 10.1 Å². The molecule has 1 aromatic heterocycles. The van der Waals surface area contributed by atoms with Crippen LogP contribution in [0.4, 0.5) is 11.4 Å². The minimum atomic E-state index is 0.0991. The van der Waals surface area contributed by atoms with Crippen LogP contribution in [-0.2, 0) is 0 Å². The van der Waals surface area contributed by atoms with E-state index in [-0.39, 0.29) is 5.75 Å². The van der Waals surface area contributed by atoms with Crippen LogP contribution in [0.5, 0.6) is 5.75 Å². The predicted octanol–water partition coefficient (Wildman–Crippen LogP) is 4.23. The number of aromatic nitrogens is 1. The van der Waals surface area contributed by atoms with Gasteiger partial charge in [-0.15, -0.1) is 10.2 Å². The van der Waals surface area contributed by atoms with Crippen molar-refractivity contribution in [1.29, 1.82) is 5.26 Å². The highest BCUT2D eigenvalue weighted by Gasteiger charge is 2.05. The number of azo groups is 1. The molecule has 0 aliphatic carbocycles. The van der Waals surface area contributed by atoms with Crippen molar-refractivity contribution in [3.05, 3.63) is 60.3 Å². The van der Waals surface area contributed by atoms with Gasteiger partial charge in [0.1, 0.15) is 23.0 Å². The molecule has 0 saturated carbocycles. The van der Waals surface area contributed by atoms with Gasteiger partial charge in [-0.2, -0.15) is 5.26 Å². The topological polar surface area (TPSA) is 81.6 Å². The lowest BCUT2D eigenvalue weighted by atomic mass is 10.1. The summed E-state index contributed by atoms with van der Waals surface area (Å²) in [6.45, 7) is 0. The van der Waals surface area contributed by atoms with Crippen molar-refractivity contribution in [2.75, 3.05) is 0 Å². The van der Waals surface area contributed by atoms with Gasteiger partial charge in [0.05, 0.1) is 11.3 Å². The Hall–Kier alpha value is -3.26. The van der Waals surface area contributed by atoms with Gasteiger partial charge >= 0.3 is 0 Å². The highest BCUT2D eigenvalue weighted by Crippen LogP contribution is 2.32. The Morgan fingerprint density at radius 1 is 0.952 bits per heavy atom. The second-order valence-electron chi connectivity index (χ2n) is 4.33. The first kappa shape index (κ1) is 12.8. The number of phenolic OH excluding ortho intramolecular Hbond substituents is 1. The van der Waals surface area contributed by atoms with E-state index in [1.807, 2.05) is 6.07 Å². The van der Waals surface area contributed by atoms with Gasteiger partial charge in [-0.1, -0.05) is 12.1 Å². The van der Waals surface area contributed by atoms with E-state index in [0.29, 0.717) is 27.8 Å². The van der Waals surface area contributed by atoms with E-state index in [0.717, 1.165) is 0 Å². The fraction of sp³-hybridized carbons (Fsp3) is 0. The van der Waals surface area contributed by atoms with Crippen LogP contribution >= 0.6 is 0 Å². The summed E-state index contributed by atoms with van der Waals surface area (Å²) in [5.41, 5.74) is 2.03. The van der Waals surface area contributed by atoms with Crippen molar-refractivity contribution >= 4 is 22.3 Å². The number of benzene rings is 2. The van der Waals surface area contributed by atoms with Crippen LogP contribution in [0.25, 0.3) is 10.9 Å². The first-order chi connectivity index (χ1) is 10.3. The molecular weight excluding hydrogens is 264 g/mol. The summed E-state index contributed by atoms with van der Waals surface area (Å²) in [5.74, 6) is 0.0991. The Morgan fingerprint density at radius 3 is 2.62 bits per heavy atom. The minimum Gasteiger partial charge on any atom is -0.506 e. The maximum Gasteiger partial charge on any atom is 0.141 e. The van der Waals surface area contributed by atoms with Crippen LogP contribution < -0.4 is 0 Å². The molecule has 5 heteroatoms.